The van der Waals surface area contributed by atoms with Crippen LogP contribution in [-0.2, 0) is 4.74 Å². The molecule has 1 unspecified atom stereocenters. The van der Waals surface area contributed by atoms with Crippen LogP contribution in [0.3, 0.4) is 0 Å². The molecule has 1 aliphatic heterocycles. The van der Waals surface area contributed by atoms with Gasteiger partial charge in [-0.15, -0.1) is 0 Å². The van der Waals surface area contributed by atoms with Gasteiger partial charge in [-0.05, 0) is 25.0 Å². The van der Waals surface area contributed by atoms with Crippen molar-refractivity contribution in [2.45, 2.75) is 24.9 Å². The quantitative estimate of drug-likeness (QED) is 0.926. The van der Waals surface area contributed by atoms with E-state index in [4.69, 9.17) is 9.15 Å². The van der Waals surface area contributed by atoms with Crippen LogP contribution in [0.25, 0.3) is 0 Å². The number of rotatable bonds is 3. The number of nitrogens with zero attached hydrogens (tertiary/aromatic N) is 2. The predicted octanol–water partition coefficient (Wildman–Crippen LogP) is 1.45. The van der Waals surface area contributed by atoms with Gasteiger partial charge in [0.25, 0.3) is 11.5 Å². The van der Waals surface area contributed by atoms with E-state index in [-0.39, 0.29) is 29.2 Å². The summed E-state index contributed by atoms with van der Waals surface area (Å²) in [6.45, 7) is 1.29. The molecule has 1 amide bonds. The average molecular weight is 315 g/mol. The van der Waals surface area contributed by atoms with E-state index in [9.17, 15) is 9.59 Å². The van der Waals surface area contributed by atoms with Crippen LogP contribution in [0.4, 0.5) is 0 Å². The molecular formula is C16H17N3O4. The van der Waals surface area contributed by atoms with Gasteiger partial charge in [0.05, 0.1) is 19.4 Å². The Bertz CT molecular complexity index is 764. The molecule has 3 heterocycles. The van der Waals surface area contributed by atoms with Crippen LogP contribution in [-0.4, -0.2) is 40.5 Å². The van der Waals surface area contributed by atoms with Gasteiger partial charge in [-0.2, -0.15) is 0 Å². The Morgan fingerprint density at radius 3 is 3.00 bits per heavy atom. The lowest BCUT2D eigenvalue weighted by molar-refractivity contribution is -0.0323. The van der Waals surface area contributed by atoms with Gasteiger partial charge in [-0.3, -0.25) is 9.59 Å². The van der Waals surface area contributed by atoms with Gasteiger partial charge in [-0.1, -0.05) is 0 Å². The third-order valence-electron chi connectivity index (χ3n) is 4.16. The number of ether oxygens (including phenoxy) is 1. The Hall–Kier alpha value is -2.41. The van der Waals surface area contributed by atoms with Gasteiger partial charge in [0.2, 0.25) is 0 Å². The smallest absolute Gasteiger partial charge is 0.272 e. The molecule has 1 saturated heterocycles. The van der Waals surface area contributed by atoms with Crippen molar-refractivity contribution in [1.29, 1.82) is 0 Å². The zero-order chi connectivity index (χ0) is 15.8. The third-order valence-corrected chi connectivity index (χ3v) is 4.16. The number of aromatic amines is 1. The van der Waals surface area contributed by atoms with Gasteiger partial charge >= 0.3 is 0 Å². The van der Waals surface area contributed by atoms with Crippen LogP contribution in [0.5, 0.6) is 0 Å². The lowest BCUT2D eigenvalue weighted by Crippen LogP contribution is -2.42. The molecule has 0 bridgehead atoms. The van der Waals surface area contributed by atoms with E-state index in [1.165, 1.54) is 6.07 Å². The summed E-state index contributed by atoms with van der Waals surface area (Å²) in [5.74, 6) is 1.37. The number of H-pyrrole nitrogens is 1. The molecule has 2 aliphatic rings. The molecule has 1 N–H and O–H groups in total. The molecular weight excluding hydrogens is 298 g/mol. The molecule has 7 heteroatoms. The first-order valence-corrected chi connectivity index (χ1v) is 7.76. The van der Waals surface area contributed by atoms with E-state index >= 15 is 0 Å². The lowest BCUT2D eigenvalue weighted by Gasteiger charge is -2.31. The Morgan fingerprint density at radius 1 is 1.39 bits per heavy atom. The van der Waals surface area contributed by atoms with Crippen molar-refractivity contribution in [1.82, 2.24) is 14.9 Å². The van der Waals surface area contributed by atoms with Crippen molar-refractivity contribution in [3.8, 4) is 0 Å². The summed E-state index contributed by atoms with van der Waals surface area (Å²) < 4.78 is 11.0. The number of morpholine rings is 1. The summed E-state index contributed by atoms with van der Waals surface area (Å²) in [6, 6.07) is 4.89. The topological polar surface area (TPSA) is 88.4 Å². The fraction of sp³-hybridized carbons (Fsp3) is 0.438. The minimum absolute atomic E-state index is 0.204. The molecule has 23 heavy (non-hydrogen) atoms. The Kier molecular flexibility index (Phi) is 3.49. The fourth-order valence-electron chi connectivity index (χ4n) is 2.78. The van der Waals surface area contributed by atoms with Crippen LogP contribution in [0, 0.1) is 0 Å². The Labute approximate surface area is 132 Å². The zero-order valence-corrected chi connectivity index (χ0v) is 12.5. The van der Waals surface area contributed by atoms with Crippen molar-refractivity contribution in [2.75, 3.05) is 19.7 Å². The van der Waals surface area contributed by atoms with Gasteiger partial charge in [0, 0.05) is 18.5 Å². The van der Waals surface area contributed by atoms with E-state index in [2.05, 4.69) is 9.97 Å². The van der Waals surface area contributed by atoms with E-state index in [1.807, 2.05) is 6.07 Å². The largest absolute Gasteiger partial charge is 0.467 e. The molecule has 0 radical (unpaired) electrons. The number of amides is 1. The second-order valence-electron chi connectivity index (χ2n) is 5.92. The molecule has 0 aromatic carbocycles. The van der Waals surface area contributed by atoms with Gasteiger partial charge in [-0.25, -0.2) is 4.98 Å². The Balaban J connectivity index is 1.55. The van der Waals surface area contributed by atoms with Crippen molar-refractivity contribution in [2.24, 2.45) is 0 Å². The summed E-state index contributed by atoms with van der Waals surface area (Å²) in [5.41, 5.74) is -0.0724. The molecule has 120 valence electrons. The third kappa shape index (κ3) is 2.92. The first-order chi connectivity index (χ1) is 11.2. The lowest BCUT2D eigenvalue weighted by atomic mass is 10.2. The molecule has 2 aromatic rings. The highest BCUT2D eigenvalue weighted by atomic mass is 16.5. The highest BCUT2D eigenvalue weighted by Crippen LogP contribution is 2.37. The number of aromatic nitrogens is 2. The molecule has 2 aromatic heterocycles. The van der Waals surface area contributed by atoms with Crippen LogP contribution in [0.15, 0.2) is 33.7 Å². The number of nitrogens with one attached hydrogen (secondary N) is 1. The van der Waals surface area contributed by atoms with Crippen LogP contribution >= 0.6 is 0 Å². The van der Waals surface area contributed by atoms with Crippen LogP contribution in [0.2, 0.25) is 0 Å². The first kappa shape index (κ1) is 14.2. The first-order valence-electron chi connectivity index (χ1n) is 7.76. The van der Waals surface area contributed by atoms with E-state index < -0.39 is 0 Å². The highest BCUT2D eigenvalue weighted by Gasteiger charge is 2.30. The number of carbonyl (C=O) groups excluding carboxylic acids is 1. The van der Waals surface area contributed by atoms with E-state index in [0.717, 1.165) is 12.8 Å². The minimum atomic E-state index is -0.285. The van der Waals surface area contributed by atoms with Gasteiger partial charge < -0.3 is 19.0 Å². The summed E-state index contributed by atoms with van der Waals surface area (Å²) in [6.07, 6.45) is 3.32. The predicted molar refractivity (Wildman–Crippen MR) is 80.1 cm³/mol. The molecule has 1 saturated carbocycles. The van der Waals surface area contributed by atoms with Crippen molar-refractivity contribution in [3.05, 3.63) is 52.1 Å². The number of hydrogen-bond donors (Lipinski definition) is 1. The molecule has 4 rings (SSSR count). The molecule has 2 fully saturated rings. The van der Waals surface area contributed by atoms with Gasteiger partial charge in [0.1, 0.15) is 23.4 Å². The minimum Gasteiger partial charge on any atom is -0.467 e. The maximum absolute atomic E-state index is 12.7. The normalized spacial score (nSPS) is 21.4. The van der Waals surface area contributed by atoms with Crippen molar-refractivity contribution in [3.63, 3.8) is 0 Å². The zero-order valence-electron chi connectivity index (χ0n) is 12.5. The highest BCUT2D eigenvalue weighted by molar-refractivity contribution is 5.92. The van der Waals surface area contributed by atoms with Crippen LogP contribution < -0.4 is 5.56 Å². The molecule has 0 spiro atoms. The Morgan fingerprint density at radius 2 is 2.26 bits per heavy atom. The summed E-state index contributed by atoms with van der Waals surface area (Å²) >= 11 is 0. The van der Waals surface area contributed by atoms with E-state index in [0.29, 0.717) is 31.3 Å². The standard InChI is InChI=1S/C16H17N3O4/c20-14-8-11(17-15(18-14)10-3-4-10)16(21)19-5-7-23-13(9-19)12-2-1-6-22-12/h1-2,6,8,10,13H,3-5,7,9H2,(H,17,18,20). The number of hydrogen-bond acceptors (Lipinski definition) is 5. The summed E-state index contributed by atoms with van der Waals surface area (Å²) in [5, 5.41) is 0. The summed E-state index contributed by atoms with van der Waals surface area (Å²) in [7, 11) is 0. The number of furan rings is 1. The molecule has 7 nitrogen and oxygen atoms in total. The van der Waals surface area contributed by atoms with E-state index in [1.54, 1.807) is 17.2 Å². The van der Waals surface area contributed by atoms with Crippen LogP contribution in [0.1, 0.15) is 46.9 Å². The fourth-order valence-corrected chi connectivity index (χ4v) is 2.78. The maximum atomic E-state index is 12.7. The molecule has 1 atom stereocenters. The number of carbonyl (C=O) groups is 1. The van der Waals surface area contributed by atoms with Crippen molar-refractivity contribution < 1.29 is 13.9 Å². The molecule has 1 aliphatic carbocycles. The SMILES string of the molecule is O=C(c1cc(=O)[nH]c(C2CC2)n1)N1CCOC(c2ccco2)C1. The maximum Gasteiger partial charge on any atom is 0.272 e. The average Bonchev–Trinajstić information content (AvgIpc) is 3.28. The second-order valence-corrected chi connectivity index (χ2v) is 5.92. The summed E-state index contributed by atoms with van der Waals surface area (Å²) in [4.78, 5) is 33.2. The van der Waals surface area contributed by atoms with Gasteiger partial charge in [0.15, 0.2) is 0 Å². The monoisotopic (exact) mass is 315 g/mol. The van der Waals surface area contributed by atoms with Crippen molar-refractivity contribution >= 4 is 5.91 Å². The second kappa shape index (κ2) is 5.66.